The fraction of sp³-hybridized carbons (Fsp3) is 1.00. The van der Waals surface area contributed by atoms with Crippen molar-refractivity contribution in [2.24, 2.45) is 23.7 Å². The molecule has 24 heavy (non-hydrogen) atoms. The highest BCUT2D eigenvalue weighted by Gasteiger charge is 2.30. The van der Waals surface area contributed by atoms with E-state index in [1.54, 1.807) is 0 Å². The van der Waals surface area contributed by atoms with Crippen molar-refractivity contribution in [3.63, 3.8) is 0 Å². The maximum Gasteiger partial charge on any atom is 0.0622 e. The van der Waals surface area contributed by atoms with Crippen molar-refractivity contribution < 1.29 is 10.2 Å². The van der Waals surface area contributed by atoms with Gasteiger partial charge in [-0.2, -0.15) is 0 Å². The van der Waals surface area contributed by atoms with Crippen LogP contribution in [0.5, 0.6) is 0 Å². The lowest BCUT2D eigenvalue weighted by Gasteiger charge is -2.34. The van der Waals surface area contributed by atoms with Crippen molar-refractivity contribution >= 4 is 0 Å². The van der Waals surface area contributed by atoms with Crippen molar-refractivity contribution in [1.82, 2.24) is 0 Å². The Balaban J connectivity index is 0.000000240. The predicted molar refractivity (Wildman–Crippen MR) is 104 cm³/mol. The van der Waals surface area contributed by atoms with Gasteiger partial charge in [-0.25, -0.2) is 0 Å². The third kappa shape index (κ3) is 9.42. The molecular formula is C22H44O2. The Labute approximate surface area is 151 Å². The molecule has 2 aliphatic rings. The van der Waals surface area contributed by atoms with Gasteiger partial charge in [-0.3, -0.25) is 0 Å². The molecule has 4 unspecified atom stereocenters. The van der Waals surface area contributed by atoms with Gasteiger partial charge in [0.2, 0.25) is 0 Å². The van der Waals surface area contributed by atoms with Crippen LogP contribution in [0.3, 0.4) is 0 Å². The zero-order valence-corrected chi connectivity index (χ0v) is 17.3. The highest BCUT2D eigenvalue weighted by atomic mass is 16.3. The molecule has 2 heteroatoms. The first-order valence-corrected chi connectivity index (χ1v) is 10.4. The zero-order valence-electron chi connectivity index (χ0n) is 17.3. The molecule has 0 aromatic heterocycles. The van der Waals surface area contributed by atoms with E-state index in [1.165, 1.54) is 38.5 Å². The van der Waals surface area contributed by atoms with E-state index in [9.17, 15) is 10.2 Å². The van der Waals surface area contributed by atoms with Crippen molar-refractivity contribution in [2.45, 2.75) is 117 Å². The van der Waals surface area contributed by atoms with E-state index in [-0.39, 0.29) is 11.2 Å². The standard InChI is InChI=1S/2C11H22O/c2*1-9(2)7-10-5-4-6-11(3,12)8-10/h2*9-10,12H,4-8H2,1-3H3. The molecule has 2 fully saturated rings. The van der Waals surface area contributed by atoms with Crippen LogP contribution in [0.4, 0.5) is 0 Å². The minimum absolute atomic E-state index is 0.363. The van der Waals surface area contributed by atoms with Gasteiger partial charge >= 0.3 is 0 Å². The monoisotopic (exact) mass is 340 g/mol. The van der Waals surface area contributed by atoms with E-state index >= 15 is 0 Å². The highest BCUT2D eigenvalue weighted by molar-refractivity contribution is 4.83. The van der Waals surface area contributed by atoms with Crippen LogP contribution in [0.15, 0.2) is 0 Å². The van der Waals surface area contributed by atoms with Gasteiger partial charge in [0.25, 0.3) is 0 Å². The van der Waals surface area contributed by atoms with Crippen LogP contribution in [0.25, 0.3) is 0 Å². The van der Waals surface area contributed by atoms with Crippen LogP contribution < -0.4 is 0 Å². The lowest BCUT2D eigenvalue weighted by molar-refractivity contribution is -0.00315. The van der Waals surface area contributed by atoms with Gasteiger partial charge in [0.1, 0.15) is 0 Å². The third-order valence-electron chi connectivity index (χ3n) is 5.72. The van der Waals surface area contributed by atoms with Gasteiger partial charge in [0.15, 0.2) is 0 Å². The molecule has 2 nitrogen and oxygen atoms in total. The Morgan fingerprint density at radius 2 is 1.08 bits per heavy atom. The number of hydrogen-bond donors (Lipinski definition) is 2. The van der Waals surface area contributed by atoms with Gasteiger partial charge < -0.3 is 10.2 Å². The van der Waals surface area contributed by atoms with E-state index in [1.807, 2.05) is 13.8 Å². The summed E-state index contributed by atoms with van der Waals surface area (Å²) in [6.45, 7) is 13.0. The fourth-order valence-corrected chi connectivity index (χ4v) is 4.93. The summed E-state index contributed by atoms with van der Waals surface area (Å²) in [4.78, 5) is 0. The molecule has 0 saturated heterocycles. The molecule has 0 bridgehead atoms. The van der Waals surface area contributed by atoms with Crippen LogP contribution in [0.1, 0.15) is 106 Å². The van der Waals surface area contributed by atoms with Crippen LogP contribution >= 0.6 is 0 Å². The van der Waals surface area contributed by atoms with E-state index in [4.69, 9.17) is 0 Å². The number of rotatable bonds is 4. The molecule has 144 valence electrons. The molecule has 2 N–H and O–H groups in total. The molecule has 2 aliphatic carbocycles. The second kappa shape index (κ2) is 9.57. The average Bonchev–Trinajstić information content (AvgIpc) is 2.35. The van der Waals surface area contributed by atoms with Crippen molar-refractivity contribution in [2.75, 3.05) is 0 Å². The fourth-order valence-electron chi connectivity index (χ4n) is 4.93. The summed E-state index contributed by atoms with van der Waals surface area (Å²) >= 11 is 0. The summed E-state index contributed by atoms with van der Waals surface area (Å²) in [5, 5.41) is 19.7. The van der Waals surface area contributed by atoms with Crippen LogP contribution in [0.2, 0.25) is 0 Å². The van der Waals surface area contributed by atoms with Gasteiger partial charge in [-0.1, -0.05) is 53.4 Å². The summed E-state index contributed by atoms with van der Waals surface area (Å²) in [5.41, 5.74) is -0.727. The SMILES string of the molecule is CC(C)CC1CCCC(C)(O)C1.CC(C)CC1CCCC(C)(O)C1. The molecule has 0 radical (unpaired) electrons. The first-order valence-electron chi connectivity index (χ1n) is 10.4. The zero-order chi connectivity index (χ0) is 18.4. The minimum atomic E-state index is -0.363. The molecule has 0 spiro atoms. The number of hydrogen-bond acceptors (Lipinski definition) is 2. The normalized spacial score (nSPS) is 37.2. The molecular weight excluding hydrogens is 296 g/mol. The van der Waals surface area contributed by atoms with Crippen LogP contribution in [-0.4, -0.2) is 21.4 Å². The summed E-state index contributed by atoms with van der Waals surface area (Å²) in [6.07, 6.45) is 11.7. The smallest absolute Gasteiger partial charge is 0.0622 e. The topological polar surface area (TPSA) is 40.5 Å². The number of aliphatic hydroxyl groups is 2. The molecule has 0 amide bonds. The summed E-state index contributed by atoms with van der Waals surface area (Å²) < 4.78 is 0. The lowest BCUT2D eigenvalue weighted by Crippen LogP contribution is -2.32. The molecule has 0 heterocycles. The second-order valence-electron chi connectivity index (χ2n) is 10.2. The minimum Gasteiger partial charge on any atom is -0.390 e. The van der Waals surface area contributed by atoms with Crippen LogP contribution in [-0.2, 0) is 0 Å². The third-order valence-corrected chi connectivity index (χ3v) is 5.72. The average molecular weight is 341 g/mol. The summed E-state index contributed by atoms with van der Waals surface area (Å²) in [6, 6.07) is 0. The van der Waals surface area contributed by atoms with E-state index in [0.29, 0.717) is 0 Å². The predicted octanol–water partition coefficient (Wildman–Crippen LogP) is 5.95. The van der Waals surface area contributed by atoms with E-state index in [2.05, 4.69) is 27.7 Å². The van der Waals surface area contributed by atoms with Crippen molar-refractivity contribution in [3.8, 4) is 0 Å². The molecule has 0 aromatic rings. The Morgan fingerprint density at radius 3 is 1.33 bits per heavy atom. The second-order valence-corrected chi connectivity index (χ2v) is 10.2. The van der Waals surface area contributed by atoms with Crippen molar-refractivity contribution in [3.05, 3.63) is 0 Å². The molecule has 0 aliphatic heterocycles. The Bertz CT molecular complexity index is 310. The first-order chi connectivity index (χ1) is 11.0. The maximum absolute atomic E-state index is 9.86. The van der Waals surface area contributed by atoms with E-state index < -0.39 is 0 Å². The highest BCUT2D eigenvalue weighted by Crippen LogP contribution is 2.36. The van der Waals surface area contributed by atoms with Crippen molar-refractivity contribution in [1.29, 1.82) is 0 Å². The van der Waals surface area contributed by atoms with E-state index in [0.717, 1.165) is 49.4 Å². The molecule has 4 atom stereocenters. The Morgan fingerprint density at radius 1 is 0.750 bits per heavy atom. The Hall–Kier alpha value is -0.0800. The van der Waals surface area contributed by atoms with Crippen LogP contribution in [0, 0.1) is 23.7 Å². The molecule has 0 aromatic carbocycles. The van der Waals surface area contributed by atoms with Gasteiger partial charge in [-0.15, -0.1) is 0 Å². The Kier molecular flexibility index (Phi) is 8.76. The first kappa shape index (κ1) is 22.0. The summed E-state index contributed by atoms with van der Waals surface area (Å²) in [5.74, 6) is 3.11. The molecule has 2 saturated carbocycles. The summed E-state index contributed by atoms with van der Waals surface area (Å²) in [7, 11) is 0. The molecule has 2 rings (SSSR count). The van der Waals surface area contributed by atoms with Gasteiger partial charge in [0, 0.05) is 0 Å². The van der Waals surface area contributed by atoms with Gasteiger partial charge in [0.05, 0.1) is 11.2 Å². The van der Waals surface area contributed by atoms with Gasteiger partial charge in [-0.05, 0) is 76.0 Å². The largest absolute Gasteiger partial charge is 0.390 e. The lowest BCUT2D eigenvalue weighted by atomic mass is 9.76. The quantitative estimate of drug-likeness (QED) is 0.664. The maximum atomic E-state index is 9.86.